The molecule has 3 aliphatic rings. The van der Waals surface area contributed by atoms with Crippen LogP contribution in [0.15, 0.2) is 41.4 Å². The summed E-state index contributed by atoms with van der Waals surface area (Å²) in [5.41, 5.74) is -1.64. The number of halogens is 2. The Balaban J connectivity index is 1.64. The van der Waals surface area contributed by atoms with Crippen LogP contribution in [0.4, 0.5) is 4.39 Å². The number of fused-ring (bicyclic) bond motifs is 1. The van der Waals surface area contributed by atoms with E-state index in [0.717, 1.165) is 0 Å². The Morgan fingerprint density at radius 1 is 1.41 bits per heavy atom. The van der Waals surface area contributed by atoms with Crippen LogP contribution in [0.1, 0.15) is 32.8 Å². The molecule has 32 heavy (non-hydrogen) atoms. The van der Waals surface area contributed by atoms with Gasteiger partial charge in [0.05, 0.1) is 34.8 Å². The number of carbonyl (C=O) groups excluding carboxylic acids is 2. The van der Waals surface area contributed by atoms with Crippen LogP contribution in [0.2, 0.25) is 5.02 Å². The number of hydrogen-bond donors (Lipinski definition) is 3. The number of amides is 1. The summed E-state index contributed by atoms with van der Waals surface area (Å²) in [5.74, 6) is -2.03. The molecule has 3 N–H and O–H groups in total. The first-order valence-electron chi connectivity index (χ1n) is 10.5. The number of nitrogens with zero attached hydrogens (tertiary/aromatic N) is 1. The normalized spacial score (nSPS) is 29.2. The smallest absolute Gasteiger partial charge is 0.252 e. The van der Waals surface area contributed by atoms with Crippen molar-refractivity contribution in [3.05, 3.63) is 57.8 Å². The minimum absolute atomic E-state index is 0.0336. The summed E-state index contributed by atoms with van der Waals surface area (Å²) in [7, 11) is 0. The Bertz CT molecular complexity index is 1050. The van der Waals surface area contributed by atoms with Crippen LogP contribution in [0, 0.1) is 17.2 Å². The van der Waals surface area contributed by atoms with Crippen LogP contribution >= 0.6 is 11.6 Å². The van der Waals surface area contributed by atoms with Gasteiger partial charge < -0.3 is 25.2 Å². The number of benzene rings is 1. The lowest BCUT2D eigenvalue weighted by molar-refractivity contribution is -0.134. The number of nitrogens with one attached hydrogen (secondary N) is 1. The van der Waals surface area contributed by atoms with Gasteiger partial charge in [0.1, 0.15) is 17.3 Å². The molecule has 0 aromatic heterocycles. The molecule has 3 unspecified atom stereocenters. The van der Waals surface area contributed by atoms with Gasteiger partial charge in [-0.15, -0.1) is 0 Å². The summed E-state index contributed by atoms with van der Waals surface area (Å²) in [5, 5.41) is 24.0. The molecular weight excluding hydrogens is 439 g/mol. The predicted octanol–water partition coefficient (Wildman–Crippen LogP) is 2.83. The van der Waals surface area contributed by atoms with Crippen molar-refractivity contribution >= 4 is 23.3 Å². The van der Waals surface area contributed by atoms with Gasteiger partial charge in [-0.25, -0.2) is 4.39 Å². The average molecular weight is 465 g/mol. The van der Waals surface area contributed by atoms with Gasteiger partial charge in [-0.2, -0.15) is 0 Å². The van der Waals surface area contributed by atoms with E-state index in [-0.39, 0.29) is 46.6 Å². The highest BCUT2D eigenvalue weighted by atomic mass is 35.5. The maximum atomic E-state index is 14.1. The minimum Gasteiger partial charge on any atom is -0.509 e. The molecule has 0 bridgehead atoms. The number of rotatable bonds is 3. The lowest BCUT2D eigenvalue weighted by atomic mass is 9.67. The van der Waals surface area contributed by atoms with E-state index in [1.165, 1.54) is 23.2 Å². The Morgan fingerprint density at radius 3 is 2.78 bits per heavy atom. The first-order valence-corrected chi connectivity index (χ1v) is 10.9. The minimum atomic E-state index is -1.75. The Morgan fingerprint density at radius 2 is 2.12 bits per heavy atom. The number of ketones is 1. The van der Waals surface area contributed by atoms with E-state index in [1.807, 2.05) is 13.8 Å². The SMILES string of the molecule is CC1COC2(C1)CN1C=C(C(=O)NCc3cccc(Cl)c3F)C(O)C(=O)C1=C(O)C2(C)C. The van der Waals surface area contributed by atoms with Crippen molar-refractivity contribution in [2.45, 2.75) is 45.4 Å². The van der Waals surface area contributed by atoms with E-state index in [0.29, 0.717) is 13.0 Å². The second-order valence-electron chi connectivity index (χ2n) is 9.31. The molecule has 1 amide bonds. The van der Waals surface area contributed by atoms with Gasteiger partial charge in [-0.05, 0) is 32.3 Å². The van der Waals surface area contributed by atoms with E-state index in [9.17, 15) is 24.2 Å². The summed E-state index contributed by atoms with van der Waals surface area (Å²) in [6, 6.07) is 4.43. The van der Waals surface area contributed by atoms with Gasteiger partial charge >= 0.3 is 0 Å². The second kappa shape index (κ2) is 7.86. The molecule has 0 saturated carbocycles. The van der Waals surface area contributed by atoms with Crippen LogP contribution in [0.25, 0.3) is 0 Å². The molecule has 3 aliphatic heterocycles. The van der Waals surface area contributed by atoms with Crippen molar-refractivity contribution in [3.8, 4) is 0 Å². The molecule has 1 aromatic rings. The molecule has 0 radical (unpaired) electrons. The topological polar surface area (TPSA) is 99.1 Å². The molecule has 1 spiro atoms. The Kier molecular flexibility index (Phi) is 5.59. The Hall–Kier alpha value is -2.42. The molecule has 4 rings (SSSR count). The molecule has 1 aromatic carbocycles. The average Bonchev–Trinajstić information content (AvgIpc) is 3.12. The van der Waals surface area contributed by atoms with Gasteiger partial charge in [0.15, 0.2) is 6.10 Å². The van der Waals surface area contributed by atoms with Crippen molar-refractivity contribution in [1.82, 2.24) is 10.2 Å². The fourth-order valence-corrected chi connectivity index (χ4v) is 4.95. The first kappa shape index (κ1) is 22.8. The number of carbonyl (C=O) groups is 2. The van der Waals surface area contributed by atoms with Crippen molar-refractivity contribution in [2.75, 3.05) is 13.2 Å². The highest BCUT2D eigenvalue weighted by molar-refractivity contribution is 6.30. The molecular formula is C23H26ClFN2O5. The summed E-state index contributed by atoms with van der Waals surface area (Å²) in [6.07, 6.45) is 0.291. The largest absolute Gasteiger partial charge is 0.509 e. The van der Waals surface area contributed by atoms with Gasteiger partial charge in [-0.3, -0.25) is 9.59 Å². The van der Waals surface area contributed by atoms with Crippen LogP contribution in [0.3, 0.4) is 0 Å². The lowest BCUT2D eigenvalue weighted by Crippen LogP contribution is -2.59. The quantitative estimate of drug-likeness (QED) is 0.636. The summed E-state index contributed by atoms with van der Waals surface area (Å²) < 4.78 is 20.2. The van der Waals surface area contributed by atoms with Crippen molar-refractivity contribution in [1.29, 1.82) is 0 Å². The molecule has 9 heteroatoms. The number of hydrogen-bond acceptors (Lipinski definition) is 6. The zero-order valence-corrected chi connectivity index (χ0v) is 18.9. The fourth-order valence-electron chi connectivity index (χ4n) is 4.75. The summed E-state index contributed by atoms with van der Waals surface area (Å²) in [4.78, 5) is 27.2. The third-order valence-corrected chi connectivity index (χ3v) is 7.09. The molecule has 1 fully saturated rings. The van der Waals surface area contributed by atoms with E-state index < -0.39 is 34.6 Å². The van der Waals surface area contributed by atoms with Crippen LogP contribution in [0.5, 0.6) is 0 Å². The van der Waals surface area contributed by atoms with Crippen molar-refractivity contribution in [2.24, 2.45) is 11.3 Å². The predicted molar refractivity (Wildman–Crippen MR) is 115 cm³/mol. The summed E-state index contributed by atoms with van der Waals surface area (Å²) >= 11 is 5.77. The third kappa shape index (κ3) is 3.41. The maximum Gasteiger partial charge on any atom is 0.252 e. The zero-order valence-electron chi connectivity index (χ0n) is 18.1. The molecule has 1 saturated heterocycles. The van der Waals surface area contributed by atoms with Gasteiger partial charge in [0.2, 0.25) is 5.78 Å². The number of aliphatic hydroxyl groups is 2. The van der Waals surface area contributed by atoms with Gasteiger partial charge in [0.25, 0.3) is 5.91 Å². The third-order valence-electron chi connectivity index (χ3n) is 6.80. The maximum absolute atomic E-state index is 14.1. The van der Waals surface area contributed by atoms with Gasteiger partial charge in [0, 0.05) is 18.3 Å². The van der Waals surface area contributed by atoms with Crippen LogP contribution in [-0.2, 0) is 20.9 Å². The number of aliphatic hydroxyl groups excluding tert-OH is 2. The molecule has 172 valence electrons. The fraction of sp³-hybridized carbons (Fsp3) is 0.478. The van der Waals surface area contributed by atoms with Crippen LogP contribution in [-0.4, -0.2) is 51.7 Å². The first-order chi connectivity index (χ1) is 15.0. The molecule has 3 heterocycles. The lowest BCUT2D eigenvalue weighted by Gasteiger charge is -2.51. The van der Waals surface area contributed by atoms with Crippen molar-refractivity contribution < 1.29 is 28.9 Å². The highest BCUT2D eigenvalue weighted by Gasteiger charge is 2.59. The summed E-state index contributed by atoms with van der Waals surface area (Å²) in [6.45, 7) is 6.29. The standard InChI is InChI=1S/C23H26ClFN2O5/c1-12-7-23(32-10-12)11-27-9-14(18(28)19(29)17(27)20(30)22(23,2)3)21(31)26-8-13-5-4-6-15(24)16(13)25/h4-6,9,12,18,28,30H,7-8,10-11H2,1-3H3,(H,26,31). The van der Waals surface area contributed by atoms with E-state index in [2.05, 4.69) is 12.2 Å². The molecule has 0 aliphatic carbocycles. The van der Waals surface area contributed by atoms with Crippen molar-refractivity contribution in [3.63, 3.8) is 0 Å². The second-order valence-corrected chi connectivity index (χ2v) is 9.72. The molecule has 7 nitrogen and oxygen atoms in total. The zero-order chi connectivity index (χ0) is 23.4. The van der Waals surface area contributed by atoms with Gasteiger partial charge in [-0.1, -0.05) is 30.7 Å². The molecule has 3 atom stereocenters. The van der Waals surface area contributed by atoms with E-state index in [4.69, 9.17) is 16.3 Å². The Labute approximate surface area is 190 Å². The van der Waals surface area contributed by atoms with E-state index in [1.54, 1.807) is 6.07 Å². The number of Topliss-reactive ketones (excluding diaryl/α,β-unsaturated/α-hetero) is 1. The van der Waals surface area contributed by atoms with E-state index >= 15 is 0 Å². The number of ether oxygens (including phenoxy) is 1. The van der Waals surface area contributed by atoms with Crippen LogP contribution < -0.4 is 5.32 Å². The monoisotopic (exact) mass is 464 g/mol. The highest BCUT2D eigenvalue weighted by Crippen LogP contribution is 2.52.